The Kier molecular flexibility index (Phi) is 6.68. The molecule has 0 fully saturated rings. The second-order valence-corrected chi connectivity index (χ2v) is 7.79. The fourth-order valence-electron chi connectivity index (χ4n) is 2.95. The van der Waals surface area contributed by atoms with E-state index in [0.29, 0.717) is 16.6 Å². The lowest BCUT2D eigenvalue weighted by Crippen LogP contribution is -2.18. The van der Waals surface area contributed by atoms with E-state index in [4.69, 9.17) is 16.3 Å². The van der Waals surface area contributed by atoms with E-state index in [1.165, 1.54) is 46.3 Å². The normalized spacial score (nSPS) is 11.3. The van der Waals surface area contributed by atoms with Crippen LogP contribution in [0.15, 0.2) is 36.5 Å². The first kappa shape index (κ1) is 23.5. The maximum absolute atomic E-state index is 14.1. The SMILES string of the molecule is COc1cc(F)c(N(C)[O-])cc1Nc1nccc(Nc2cc(Cl)c(F)cc2C(C)(C)O)n1. The molecule has 8 nitrogen and oxygen atoms in total. The van der Waals surface area contributed by atoms with E-state index in [0.717, 1.165) is 12.1 Å². The van der Waals surface area contributed by atoms with Crippen LogP contribution in [0.25, 0.3) is 0 Å². The molecule has 3 N–H and O–H groups in total. The van der Waals surface area contributed by atoms with E-state index in [1.807, 2.05) is 0 Å². The monoisotopic (exact) mass is 464 g/mol. The Morgan fingerprint density at radius 2 is 1.84 bits per heavy atom. The number of anilines is 5. The largest absolute Gasteiger partial charge is 0.758 e. The van der Waals surface area contributed by atoms with Gasteiger partial charge in [-0.3, -0.25) is 0 Å². The van der Waals surface area contributed by atoms with Crippen LogP contribution in [0.1, 0.15) is 19.4 Å². The van der Waals surface area contributed by atoms with Gasteiger partial charge in [0.15, 0.2) is 0 Å². The van der Waals surface area contributed by atoms with E-state index in [2.05, 4.69) is 20.6 Å². The van der Waals surface area contributed by atoms with E-state index in [9.17, 15) is 19.1 Å². The molecule has 0 spiro atoms. The van der Waals surface area contributed by atoms with E-state index < -0.39 is 17.2 Å². The number of nitrogens with zero attached hydrogens (tertiary/aromatic N) is 3. The predicted molar refractivity (Wildman–Crippen MR) is 120 cm³/mol. The van der Waals surface area contributed by atoms with Crippen molar-refractivity contribution >= 4 is 40.4 Å². The lowest BCUT2D eigenvalue weighted by molar-refractivity contribution is 0.0790. The molecule has 1 aromatic heterocycles. The Hall–Kier alpha value is -3.21. The molecule has 0 unspecified atom stereocenters. The van der Waals surface area contributed by atoms with Crippen LogP contribution in [0.4, 0.5) is 37.6 Å². The second kappa shape index (κ2) is 9.11. The van der Waals surface area contributed by atoms with Gasteiger partial charge in [-0.15, -0.1) is 0 Å². The van der Waals surface area contributed by atoms with Gasteiger partial charge in [-0.05, 0) is 45.2 Å². The first-order chi connectivity index (χ1) is 15.0. The molecule has 3 aromatic rings. The van der Waals surface area contributed by atoms with Crippen LogP contribution in [0.5, 0.6) is 5.75 Å². The molecule has 0 aliphatic carbocycles. The van der Waals surface area contributed by atoms with Crippen molar-refractivity contribution in [2.75, 3.05) is 29.9 Å². The van der Waals surface area contributed by atoms with Crippen LogP contribution in [-0.2, 0) is 5.60 Å². The number of ether oxygens (including phenoxy) is 1. The van der Waals surface area contributed by atoms with Gasteiger partial charge in [0.1, 0.15) is 23.2 Å². The summed E-state index contributed by atoms with van der Waals surface area (Å²) >= 11 is 5.91. The molecule has 11 heteroatoms. The molecule has 3 rings (SSSR count). The number of halogens is 3. The molecule has 0 bridgehead atoms. The summed E-state index contributed by atoms with van der Waals surface area (Å²) < 4.78 is 33.2. The third-order valence-electron chi connectivity index (χ3n) is 4.49. The lowest BCUT2D eigenvalue weighted by Gasteiger charge is -2.26. The Morgan fingerprint density at radius 3 is 2.47 bits per heavy atom. The highest BCUT2D eigenvalue weighted by atomic mass is 35.5. The first-order valence-electron chi connectivity index (χ1n) is 9.37. The fraction of sp³-hybridized carbons (Fsp3) is 0.238. The van der Waals surface area contributed by atoms with Crippen LogP contribution < -0.4 is 20.4 Å². The molecule has 0 aliphatic rings. The van der Waals surface area contributed by atoms with Crippen molar-refractivity contribution in [1.82, 2.24) is 9.97 Å². The number of methoxy groups -OCH3 is 1. The van der Waals surface area contributed by atoms with Crippen molar-refractivity contribution in [3.63, 3.8) is 0 Å². The van der Waals surface area contributed by atoms with Crippen molar-refractivity contribution in [3.05, 3.63) is 64.0 Å². The van der Waals surface area contributed by atoms with E-state index in [1.54, 1.807) is 6.07 Å². The van der Waals surface area contributed by atoms with Crippen molar-refractivity contribution in [3.8, 4) is 5.75 Å². The van der Waals surface area contributed by atoms with Crippen molar-refractivity contribution in [1.29, 1.82) is 0 Å². The fourth-order valence-corrected chi connectivity index (χ4v) is 3.12. The molecule has 0 saturated heterocycles. The van der Waals surface area contributed by atoms with Gasteiger partial charge < -0.3 is 30.7 Å². The minimum Gasteiger partial charge on any atom is -0.758 e. The molecule has 1 heterocycles. The van der Waals surface area contributed by atoms with Crippen molar-refractivity contribution in [2.45, 2.75) is 19.4 Å². The topological polar surface area (TPSA) is 106 Å². The summed E-state index contributed by atoms with van der Waals surface area (Å²) in [5, 5.41) is 28.1. The quantitative estimate of drug-likeness (QED) is 0.416. The Bertz CT molecular complexity index is 1140. The van der Waals surface area contributed by atoms with Gasteiger partial charge in [-0.1, -0.05) is 11.6 Å². The standard InChI is InChI=1S/C21H21ClF2N5O3/c1-21(2,30)11-7-13(23)12(22)8-15(11)26-19-5-6-25-20(28-19)27-16-10-17(29(3)31)14(24)9-18(16)32-4/h5-10,30H,1-4H3,(H2,25,26,27,28)/q-1. The summed E-state index contributed by atoms with van der Waals surface area (Å²) in [6.07, 6.45) is 1.45. The highest BCUT2D eigenvalue weighted by Gasteiger charge is 2.23. The highest BCUT2D eigenvalue weighted by molar-refractivity contribution is 6.31. The van der Waals surface area contributed by atoms with Crippen LogP contribution >= 0.6 is 11.6 Å². The Balaban J connectivity index is 1.95. The van der Waals surface area contributed by atoms with Gasteiger partial charge in [0.05, 0.1) is 29.1 Å². The van der Waals surface area contributed by atoms with Crippen molar-refractivity contribution in [2.24, 2.45) is 0 Å². The van der Waals surface area contributed by atoms with Crippen LogP contribution in [-0.4, -0.2) is 29.2 Å². The third-order valence-corrected chi connectivity index (χ3v) is 4.78. The minimum atomic E-state index is -1.36. The van der Waals surface area contributed by atoms with Gasteiger partial charge in [0.25, 0.3) is 0 Å². The number of benzene rings is 2. The second-order valence-electron chi connectivity index (χ2n) is 7.39. The highest BCUT2D eigenvalue weighted by Crippen LogP contribution is 2.35. The van der Waals surface area contributed by atoms with Gasteiger partial charge in [0.2, 0.25) is 5.95 Å². The average Bonchev–Trinajstić information content (AvgIpc) is 2.70. The van der Waals surface area contributed by atoms with Crippen LogP contribution in [0.3, 0.4) is 0 Å². The summed E-state index contributed by atoms with van der Waals surface area (Å²) in [5.74, 6) is -0.851. The Morgan fingerprint density at radius 1 is 1.12 bits per heavy atom. The number of nitrogens with one attached hydrogen (secondary N) is 2. The summed E-state index contributed by atoms with van der Waals surface area (Å²) in [6, 6.07) is 6.39. The minimum absolute atomic E-state index is 0.109. The molecule has 0 atom stereocenters. The Labute approximate surface area is 188 Å². The zero-order valence-corrected chi connectivity index (χ0v) is 18.5. The smallest absolute Gasteiger partial charge is 0.229 e. The molecule has 2 aromatic carbocycles. The maximum atomic E-state index is 14.1. The summed E-state index contributed by atoms with van der Waals surface area (Å²) in [5.41, 5.74) is -0.660. The number of hydroxylamine groups is 1. The predicted octanol–water partition coefficient (Wildman–Crippen LogP) is 5.07. The van der Waals surface area contributed by atoms with Crippen molar-refractivity contribution < 1.29 is 18.6 Å². The molecular formula is C21H21ClF2N5O3-. The van der Waals surface area contributed by atoms with Crippen LogP contribution in [0.2, 0.25) is 5.02 Å². The summed E-state index contributed by atoms with van der Waals surface area (Å²) in [7, 11) is 2.53. The molecule has 0 amide bonds. The molecule has 0 aliphatic heterocycles. The number of hydrogen-bond donors (Lipinski definition) is 3. The van der Waals surface area contributed by atoms with E-state index >= 15 is 0 Å². The first-order valence-corrected chi connectivity index (χ1v) is 9.74. The summed E-state index contributed by atoms with van der Waals surface area (Å²) in [4.78, 5) is 8.43. The average molecular weight is 465 g/mol. The molecule has 170 valence electrons. The summed E-state index contributed by atoms with van der Waals surface area (Å²) in [6.45, 7) is 3.03. The molecular weight excluding hydrogens is 444 g/mol. The van der Waals surface area contributed by atoms with Gasteiger partial charge in [-0.25, -0.2) is 13.8 Å². The maximum Gasteiger partial charge on any atom is 0.229 e. The van der Waals surface area contributed by atoms with Gasteiger partial charge in [-0.2, -0.15) is 4.98 Å². The number of rotatable bonds is 7. The number of aliphatic hydroxyl groups is 1. The molecule has 32 heavy (non-hydrogen) atoms. The van der Waals surface area contributed by atoms with Crippen LogP contribution in [0, 0.1) is 16.8 Å². The third kappa shape index (κ3) is 5.16. The lowest BCUT2D eigenvalue weighted by atomic mass is 9.96. The van der Waals surface area contributed by atoms with Gasteiger partial charge >= 0.3 is 0 Å². The molecule has 0 radical (unpaired) electrons. The zero-order valence-electron chi connectivity index (χ0n) is 17.7. The number of aromatic nitrogens is 2. The number of hydrogen-bond acceptors (Lipinski definition) is 8. The zero-order chi connectivity index (χ0) is 23.6. The van der Waals surface area contributed by atoms with E-state index in [-0.39, 0.29) is 33.7 Å². The molecule has 0 saturated carbocycles. The van der Waals surface area contributed by atoms with Gasteiger partial charge in [0, 0.05) is 23.5 Å².